The molecule has 0 saturated carbocycles. The maximum Gasteiger partial charge on any atom is 0.251 e. The topological polar surface area (TPSA) is 84.2 Å². The first kappa shape index (κ1) is 18.4. The van der Waals surface area contributed by atoms with Crippen LogP contribution in [0.2, 0.25) is 0 Å². The third kappa shape index (κ3) is 6.04. The van der Waals surface area contributed by atoms with Crippen molar-refractivity contribution in [2.75, 3.05) is 18.4 Å². The molecule has 4 N–H and O–H groups in total. The molecule has 0 spiro atoms. The molecule has 1 rings (SSSR count). The van der Waals surface area contributed by atoms with Gasteiger partial charge < -0.3 is 16.4 Å². The molecule has 1 aromatic rings. The predicted molar refractivity (Wildman–Crippen MR) is 83.2 cm³/mol. The summed E-state index contributed by atoms with van der Waals surface area (Å²) in [4.78, 5) is 23.2. The zero-order valence-electron chi connectivity index (χ0n) is 11.8. The van der Waals surface area contributed by atoms with Gasteiger partial charge in [-0.2, -0.15) is 0 Å². The highest BCUT2D eigenvalue weighted by molar-refractivity contribution is 5.97. The fourth-order valence-corrected chi connectivity index (χ4v) is 1.44. The normalized spacial score (nSPS) is 11.2. The summed E-state index contributed by atoms with van der Waals surface area (Å²) in [5, 5.41) is 5.54. The maximum atomic E-state index is 11.9. The molecule has 0 heterocycles. The summed E-state index contributed by atoms with van der Waals surface area (Å²) >= 11 is 0. The van der Waals surface area contributed by atoms with E-state index in [4.69, 9.17) is 5.73 Å². The summed E-state index contributed by atoms with van der Waals surface area (Å²) < 4.78 is 0. The molecule has 6 heteroatoms. The number of carbonyl (C=O) groups excluding carboxylic acids is 2. The van der Waals surface area contributed by atoms with Gasteiger partial charge in [-0.25, -0.2) is 0 Å². The first-order valence-electron chi connectivity index (χ1n) is 6.45. The zero-order chi connectivity index (χ0) is 14.3. The summed E-state index contributed by atoms with van der Waals surface area (Å²) in [6.45, 7) is 4.83. The van der Waals surface area contributed by atoms with Gasteiger partial charge in [0, 0.05) is 24.2 Å². The van der Waals surface area contributed by atoms with Crippen LogP contribution in [0.5, 0.6) is 0 Å². The van der Waals surface area contributed by atoms with E-state index in [1.165, 1.54) is 0 Å². The Balaban J connectivity index is 0.00000361. The summed E-state index contributed by atoms with van der Waals surface area (Å²) in [7, 11) is 0. The first-order valence-corrected chi connectivity index (χ1v) is 6.45. The standard InChI is InChI=1S/C14H21N3O2.ClH/c1-3-13(18)17-12-6-4-5-11(7-12)14(19)16-9-10(2)8-15;/h4-7,10H,3,8-9,15H2,1-2H3,(H,16,19)(H,17,18);1H. The lowest BCUT2D eigenvalue weighted by Gasteiger charge is -2.11. The van der Waals surface area contributed by atoms with Crippen LogP contribution in [0.25, 0.3) is 0 Å². The molecular weight excluding hydrogens is 278 g/mol. The molecular formula is C14H22ClN3O2. The first-order chi connectivity index (χ1) is 9.06. The van der Waals surface area contributed by atoms with E-state index in [0.29, 0.717) is 30.8 Å². The van der Waals surface area contributed by atoms with Crippen molar-refractivity contribution >= 4 is 29.9 Å². The van der Waals surface area contributed by atoms with Gasteiger partial charge in [-0.05, 0) is 30.7 Å². The van der Waals surface area contributed by atoms with Crippen LogP contribution in [0.15, 0.2) is 24.3 Å². The smallest absolute Gasteiger partial charge is 0.251 e. The van der Waals surface area contributed by atoms with Crippen molar-refractivity contribution in [2.45, 2.75) is 20.3 Å². The molecule has 1 unspecified atom stereocenters. The maximum absolute atomic E-state index is 11.9. The lowest BCUT2D eigenvalue weighted by Crippen LogP contribution is -2.31. The fourth-order valence-electron chi connectivity index (χ4n) is 1.44. The van der Waals surface area contributed by atoms with Crippen LogP contribution in [-0.2, 0) is 4.79 Å². The summed E-state index contributed by atoms with van der Waals surface area (Å²) in [5.74, 6) is 0.00846. The highest BCUT2D eigenvalue weighted by Gasteiger charge is 2.08. The van der Waals surface area contributed by atoms with Crippen LogP contribution >= 0.6 is 12.4 Å². The van der Waals surface area contributed by atoms with Gasteiger partial charge >= 0.3 is 0 Å². The van der Waals surface area contributed by atoms with Crippen molar-refractivity contribution in [3.05, 3.63) is 29.8 Å². The van der Waals surface area contributed by atoms with Crippen LogP contribution in [0.4, 0.5) is 5.69 Å². The van der Waals surface area contributed by atoms with E-state index < -0.39 is 0 Å². The average Bonchev–Trinajstić information content (AvgIpc) is 2.44. The zero-order valence-corrected chi connectivity index (χ0v) is 12.6. The summed E-state index contributed by atoms with van der Waals surface area (Å²) in [6, 6.07) is 6.87. The molecule has 0 aliphatic heterocycles. The third-order valence-corrected chi connectivity index (χ3v) is 2.74. The van der Waals surface area contributed by atoms with E-state index in [2.05, 4.69) is 10.6 Å². The van der Waals surface area contributed by atoms with Gasteiger partial charge in [-0.1, -0.05) is 19.9 Å². The Morgan fingerprint density at radius 2 is 2.05 bits per heavy atom. The molecule has 0 fully saturated rings. The van der Waals surface area contributed by atoms with E-state index in [0.717, 1.165) is 0 Å². The molecule has 0 aliphatic rings. The number of hydrogen-bond donors (Lipinski definition) is 3. The van der Waals surface area contributed by atoms with Crippen LogP contribution in [0.3, 0.4) is 0 Å². The molecule has 1 aromatic carbocycles. The number of benzene rings is 1. The Bertz CT molecular complexity index is 452. The molecule has 0 saturated heterocycles. The molecule has 0 aliphatic carbocycles. The number of hydrogen-bond acceptors (Lipinski definition) is 3. The van der Waals surface area contributed by atoms with Gasteiger partial charge in [0.1, 0.15) is 0 Å². The number of halogens is 1. The van der Waals surface area contributed by atoms with Crippen molar-refractivity contribution in [2.24, 2.45) is 11.7 Å². The summed E-state index contributed by atoms with van der Waals surface area (Å²) in [6.07, 6.45) is 0.407. The highest BCUT2D eigenvalue weighted by Crippen LogP contribution is 2.11. The number of amides is 2. The molecule has 0 bridgehead atoms. The number of rotatable bonds is 6. The average molecular weight is 300 g/mol. The molecule has 20 heavy (non-hydrogen) atoms. The van der Waals surface area contributed by atoms with Crippen molar-refractivity contribution in [1.82, 2.24) is 5.32 Å². The third-order valence-electron chi connectivity index (χ3n) is 2.74. The van der Waals surface area contributed by atoms with E-state index in [1.807, 2.05) is 6.92 Å². The van der Waals surface area contributed by atoms with Crippen LogP contribution in [0, 0.1) is 5.92 Å². The van der Waals surface area contributed by atoms with E-state index in [-0.39, 0.29) is 30.1 Å². The molecule has 1 atom stereocenters. The number of nitrogens with two attached hydrogens (primary N) is 1. The fraction of sp³-hybridized carbons (Fsp3) is 0.429. The lowest BCUT2D eigenvalue weighted by atomic mass is 10.1. The van der Waals surface area contributed by atoms with Gasteiger partial charge in [0.25, 0.3) is 5.91 Å². The SMILES string of the molecule is CCC(=O)Nc1cccc(C(=O)NCC(C)CN)c1.Cl. The second-order valence-electron chi connectivity index (χ2n) is 4.53. The predicted octanol–water partition coefficient (Wildman–Crippen LogP) is 1.78. The molecule has 112 valence electrons. The minimum Gasteiger partial charge on any atom is -0.352 e. The molecule has 0 aromatic heterocycles. The lowest BCUT2D eigenvalue weighted by molar-refractivity contribution is -0.115. The van der Waals surface area contributed by atoms with Gasteiger partial charge in [0.15, 0.2) is 0 Å². The second kappa shape index (κ2) is 9.34. The molecule has 2 amide bonds. The van der Waals surface area contributed by atoms with Crippen molar-refractivity contribution in [3.8, 4) is 0 Å². The van der Waals surface area contributed by atoms with E-state index >= 15 is 0 Å². The largest absolute Gasteiger partial charge is 0.352 e. The number of anilines is 1. The molecule has 5 nitrogen and oxygen atoms in total. The monoisotopic (exact) mass is 299 g/mol. The number of nitrogens with one attached hydrogen (secondary N) is 2. The minimum absolute atomic E-state index is 0. The van der Waals surface area contributed by atoms with Gasteiger partial charge in [-0.15, -0.1) is 12.4 Å². The van der Waals surface area contributed by atoms with Crippen LogP contribution in [0.1, 0.15) is 30.6 Å². The van der Waals surface area contributed by atoms with Crippen LogP contribution < -0.4 is 16.4 Å². The Morgan fingerprint density at radius 3 is 2.65 bits per heavy atom. The van der Waals surface area contributed by atoms with Gasteiger partial charge in [0.05, 0.1) is 0 Å². The Labute approximate surface area is 125 Å². The van der Waals surface area contributed by atoms with E-state index in [9.17, 15) is 9.59 Å². The highest BCUT2D eigenvalue weighted by atomic mass is 35.5. The second-order valence-corrected chi connectivity index (χ2v) is 4.53. The summed E-state index contributed by atoms with van der Waals surface area (Å²) in [5.41, 5.74) is 6.65. The van der Waals surface area contributed by atoms with Gasteiger partial charge in [-0.3, -0.25) is 9.59 Å². The Kier molecular flexibility index (Phi) is 8.59. The molecule has 0 radical (unpaired) electrons. The van der Waals surface area contributed by atoms with Crippen molar-refractivity contribution in [1.29, 1.82) is 0 Å². The van der Waals surface area contributed by atoms with Crippen LogP contribution in [-0.4, -0.2) is 24.9 Å². The Hall–Kier alpha value is -1.59. The van der Waals surface area contributed by atoms with Gasteiger partial charge in [0.2, 0.25) is 5.91 Å². The minimum atomic E-state index is -0.159. The number of carbonyl (C=O) groups is 2. The van der Waals surface area contributed by atoms with Crippen molar-refractivity contribution < 1.29 is 9.59 Å². The quantitative estimate of drug-likeness (QED) is 0.748. The Morgan fingerprint density at radius 1 is 1.35 bits per heavy atom. The van der Waals surface area contributed by atoms with E-state index in [1.54, 1.807) is 31.2 Å². The van der Waals surface area contributed by atoms with Crippen molar-refractivity contribution in [3.63, 3.8) is 0 Å².